The number of hydrogen-bond acceptors (Lipinski definition) is 7. The maximum absolute atomic E-state index is 13.1. The number of likely N-dealkylation sites (N-methyl/N-ethyl adjacent to an activating group) is 1. The number of benzene rings is 1. The van der Waals surface area contributed by atoms with Crippen LogP contribution in [0.4, 0.5) is 19.0 Å². The van der Waals surface area contributed by atoms with Crippen molar-refractivity contribution >= 4 is 23.1 Å². The molecule has 162 valence electrons. The molecule has 0 bridgehead atoms. The smallest absolute Gasteiger partial charge is 0.416 e. The fourth-order valence-electron chi connectivity index (χ4n) is 3.82. The highest BCUT2D eigenvalue weighted by molar-refractivity contribution is 6.00. The fourth-order valence-corrected chi connectivity index (χ4v) is 3.82. The molecule has 3 heterocycles. The van der Waals surface area contributed by atoms with E-state index in [-0.39, 0.29) is 17.8 Å². The summed E-state index contributed by atoms with van der Waals surface area (Å²) in [6.07, 6.45) is 0.843. The van der Waals surface area contributed by atoms with Gasteiger partial charge in [0.25, 0.3) is 6.47 Å². The summed E-state index contributed by atoms with van der Waals surface area (Å²) in [5, 5.41) is 13.1. The van der Waals surface area contributed by atoms with Gasteiger partial charge in [0.2, 0.25) is 0 Å². The number of likely N-dealkylation sites (tertiary alicyclic amines) is 1. The molecule has 3 aromatic rings. The molecule has 7 nitrogen and oxygen atoms in total. The Morgan fingerprint density at radius 2 is 2.10 bits per heavy atom. The second kappa shape index (κ2) is 8.46. The minimum absolute atomic E-state index is 0.0875. The first kappa shape index (κ1) is 21.0. The molecule has 2 aromatic heterocycles. The first-order valence-electron chi connectivity index (χ1n) is 9.75. The third-order valence-electron chi connectivity index (χ3n) is 5.50. The van der Waals surface area contributed by atoms with Crippen LogP contribution in [0.3, 0.4) is 0 Å². The molecule has 0 amide bonds. The van der Waals surface area contributed by atoms with Crippen LogP contribution < -0.4 is 10.1 Å². The van der Waals surface area contributed by atoms with Crippen LogP contribution >= 0.6 is 0 Å². The maximum atomic E-state index is 13.1. The van der Waals surface area contributed by atoms with Gasteiger partial charge in [-0.05, 0) is 50.7 Å². The predicted octanol–water partition coefficient (Wildman–Crippen LogP) is 3.75. The molecular weight excluding hydrogens is 411 g/mol. The molecule has 1 aliphatic rings. The van der Waals surface area contributed by atoms with Gasteiger partial charge in [0.15, 0.2) is 5.82 Å². The lowest BCUT2D eigenvalue weighted by atomic mass is 10.0. The molecule has 1 saturated heterocycles. The molecular formula is C21H20F3N5O2. The number of carbonyl (C=O) groups excluding carboxylic acids is 1. The van der Waals surface area contributed by atoms with E-state index in [1.165, 1.54) is 6.07 Å². The second-order valence-electron chi connectivity index (χ2n) is 7.40. The van der Waals surface area contributed by atoms with Gasteiger partial charge >= 0.3 is 6.18 Å². The number of carbonyl (C=O) groups is 1. The molecule has 10 heteroatoms. The largest absolute Gasteiger partial charge is 0.428 e. The summed E-state index contributed by atoms with van der Waals surface area (Å²) in [4.78, 5) is 17.3. The van der Waals surface area contributed by atoms with Crippen molar-refractivity contribution in [2.75, 3.05) is 25.5 Å². The summed E-state index contributed by atoms with van der Waals surface area (Å²) < 4.78 is 44.1. The first-order valence-corrected chi connectivity index (χ1v) is 9.75. The number of rotatable bonds is 6. The number of halogens is 3. The van der Waals surface area contributed by atoms with E-state index in [0.717, 1.165) is 31.5 Å². The summed E-state index contributed by atoms with van der Waals surface area (Å²) in [5.41, 5.74) is -0.400. The van der Waals surface area contributed by atoms with E-state index >= 15 is 0 Å². The van der Waals surface area contributed by atoms with E-state index in [2.05, 4.69) is 32.4 Å². The summed E-state index contributed by atoms with van der Waals surface area (Å²) in [6, 6.07) is 5.01. The van der Waals surface area contributed by atoms with Gasteiger partial charge in [-0.1, -0.05) is 0 Å². The standard InChI is InChI=1S/C21H20F3N5O2/c1-29-8-2-3-14(29)10-26-20-17-11-25-7-6-15(17)19(27-28-20)16-5-4-13(21(22,23)24)9-18(16)31-12-30/h4-7,9,11-12,14H,2-3,8,10H2,1H3,(H,26,28)/t14-/m0/s1. The van der Waals surface area contributed by atoms with E-state index in [1.807, 2.05) is 0 Å². The van der Waals surface area contributed by atoms with Crippen molar-refractivity contribution in [3.8, 4) is 17.0 Å². The molecule has 1 aromatic carbocycles. The second-order valence-corrected chi connectivity index (χ2v) is 7.40. The van der Waals surface area contributed by atoms with Crippen molar-refractivity contribution in [1.82, 2.24) is 20.1 Å². The number of pyridine rings is 1. The topological polar surface area (TPSA) is 80.2 Å². The molecule has 0 spiro atoms. The van der Waals surface area contributed by atoms with Crippen LogP contribution in [-0.4, -0.2) is 52.7 Å². The van der Waals surface area contributed by atoms with Crippen LogP contribution in [0.25, 0.3) is 22.0 Å². The van der Waals surface area contributed by atoms with Crippen molar-refractivity contribution < 1.29 is 22.7 Å². The minimum Gasteiger partial charge on any atom is -0.428 e. The number of nitrogens with zero attached hydrogens (tertiary/aromatic N) is 4. The normalized spacial score (nSPS) is 17.1. The highest BCUT2D eigenvalue weighted by Gasteiger charge is 2.32. The molecule has 0 radical (unpaired) electrons. The van der Waals surface area contributed by atoms with Gasteiger partial charge in [-0.2, -0.15) is 13.2 Å². The Morgan fingerprint density at radius 1 is 1.26 bits per heavy atom. The summed E-state index contributed by atoms with van der Waals surface area (Å²) >= 11 is 0. The molecule has 1 atom stereocenters. The Hall–Kier alpha value is -3.27. The maximum Gasteiger partial charge on any atom is 0.416 e. The number of aromatic nitrogens is 3. The Labute approximate surface area is 176 Å². The van der Waals surface area contributed by atoms with Gasteiger partial charge in [-0.3, -0.25) is 9.78 Å². The lowest BCUT2D eigenvalue weighted by molar-refractivity contribution is -0.138. The van der Waals surface area contributed by atoms with E-state index in [4.69, 9.17) is 4.74 Å². The average molecular weight is 431 g/mol. The van der Waals surface area contributed by atoms with E-state index < -0.39 is 11.7 Å². The SMILES string of the molecule is CN1CCC[C@H]1CNc1nnc(-c2ccc(C(F)(F)F)cc2OC=O)c2ccncc12. The molecule has 1 aliphatic heterocycles. The zero-order valence-electron chi connectivity index (χ0n) is 16.7. The van der Waals surface area contributed by atoms with Gasteiger partial charge in [-0.25, -0.2) is 0 Å². The lowest BCUT2D eigenvalue weighted by Gasteiger charge is -2.20. The molecule has 1 fully saturated rings. The van der Waals surface area contributed by atoms with Crippen LogP contribution in [0, 0.1) is 0 Å². The lowest BCUT2D eigenvalue weighted by Crippen LogP contribution is -2.31. The van der Waals surface area contributed by atoms with Crippen LogP contribution in [0.5, 0.6) is 5.75 Å². The number of fused-ring (bicyclic) bond motifs is 1. The Bertz CT molecular complexity index is 1110. The Balaban J connectivity index is 1.74. The number of nitrogens with one attached hydrogen (secondary N) is 1. The van der Waals surface area contributed by atoms with E-state index in [9.17, 15) is 18.0 Å². The molecule has 0 aliphatic carbocycles. The quantitative estimate of drug-likeness (QED) is 0.596. The zero-order valence-corrected chi connectivity index (χ0v) is 16.7. The number of hydrogen-bond donors (Lipinski definition) is 1. The monoisotopic (exact) mass is 431 g/mol. The van der Waals surface area contributed by atoms with Crippen LogP contribution in [0.2, 0.25) is 0 Å². The number of alkyl halides is 3. The molecule has 31 heavy (non-hydrogen) atoms. The van der Waals surface area contributed by atoms with Crippen molar-refractivity contribution in [3.63, 3.8) is 0 Å². The predicted molar refractivity (Wildman–Crippen MR) is 109 cm³/mol. The van der Waals surface area contributed by atoms with Crippen LogP contribution in [0.1, 0.15) is 18.4 Å². The minimum atomic E-state index is -4.57. The van der Waals surface area contributed by atoms with Crippen LogP contribution in [0.15, 0.2) is 36.7 Å². The third-order valence-corrected chi connectivity index (χ3v) is 5.50. The summed E-state index contributed by atoms with van der Waals surface area (Å²) in [6.45, 7) is 1.82. The van der Waals surface area contributed by atoms with Crippen molar-refractivity contribution in [1.29, 1.82) is 0 Å². The van der Waals surface area contributed by atoms with Crippen molar-refractivity contribution in [2.24, 2.45) is 0 Å². The zero-order chi connectivity index (χ0) is 22.0. The van der Waals surface area contributed by atoms with Crippen LogP contribution in [-0.2, 0) is 11.0 Å². The van der Waals surface area contributed by atoms with Gasteiger partial charge in [0.1, 0.15) is 11.4 Å². The first-order chi connectivity index (χ1) is 14.9. The summed E-state index contributed by atoms with van der Waals surface area (Å²) in [5.74, 6) is 0.294. The third kappa shape index (κ3) is 4.29. The molecule has 4 rings (SSSR count). The van der Waals surface area contributed by atoms with Gasteiger partial charge in [0, 0.05) is 41.3 Å². The average Bonchev–Trinajstić information content (AvgIpc) is 3.16. The van der Waals surface area contributed by atoms with Crippen molar-refractivity contribution in [2.45, 2.75) is 25.1 Å². The number of anilines is 1. The summed E-state index contributed by atoms with van der Waals surface area (Å²) in [7, 11) is 2.08. The van der Waals surface area contributed by atoms with E-state index in [1.54, 1.807) is 18.5 Å². The number of ether oxygens (including phenoxy) is 1. The highest BCUT2D eigenvalue weighted by atomic mass is 19.4. The molecule has 1 N–H and O–H groups in total. The Morgan fingerprint density at radius 3 is 2.81 bits per heavy atom. The van der Waals surface area contributed by atoms with Gasteiger partial charge < -0.3 is 15.0 Å². The Kier molecular flexibility index (Phi) is 5.73. The van der Waals surface area contributed by atoms with E-state index in [0.29, 0.717) is 34.9 Å². The fraction of sp³-hybridized carbons (Fsp3) is 0.333. The molecule has 0 unspecified atom stereocenters. The van der Waals surface area contributed by atoms with Crippen molar-refractivity contribution in [3.05, 3.63) is 42.2 Å². The molecule has 0 saturated carbocycles. The van der Waals surface area contributed by atoms with Gasteiger partial charge in [-0.15, -0.1) is 10.2 Å². The van der Waals surface area contributed by atoms with Gasteiger partial charge in [0.05, 0.1) is 5.56 Å². The highest BCUT2D eigenvalue weighted by Crippen LogP contribution is 2.39.